The number of likely N-dealkylation sites (N-methyl/N-ethyl adjacent to an activating group) is 1. The van der Waals surface area contributed by atoms with E-state index in [1.165, 1.54) is 5.39 Å². The number of fused-ring (bicyclic) bond motifs is 2. The van der Waals surface area contributed by atoms with E-state index in [9.17, 15) is 9.59 Å². The number of amides is 2. The standard InChI is InChI=1S/C27H33N5O2.ClH/c1-17(2)24(31-26(33)18(3)28-4)27(34)32-23(15-21-10-7-13-29-25(21)32)16-30-22-12-11-19-8-5-6-9-20(19)14-22;/h5-14,17-18,23-24,28,30H,15-16H2,1-4H3,(H,31,33);1H/t18?,23?,24-;/m0./s1. The third kappa shape index (κ3) is 5.74. The Hall–Kier alpha value is -3.16. The topological polar surface area (TPSA) is 86.4 Å². The molecule has 3 N–H and O–H groups in total. The van der Waals surface area contributed by atoms with Crippen LogP contribution in [0.4, 0.5) is 11.5 Å². The van der Waals surface area contributed by atoms with Gasteiger partial charge in [0.05, 0.1) is 12.1 Å². The first-order valence-corrected chi connectivity index (χ1v) is 11.9. The maximum atomic E-state index is 13.8. The van der Waals surface area contributed by atoms with Crippen LogP contribution in [-0.2, 0) is 16.0 Å². The van der Waals surface area contributed by atoms with Crippen LogP contribution in [0.1, 0.15) is 26.3 Å². The van der Waals surface area contributed by atoms with E-state index in [0.717, 1.165) is 16.6 Å². The van der Waals surface area contributed by atoms with Gasteiger partial charge in [-0.3, -0.25) is 14.5 Å². The lowest BCUT2D eigenvalue weighted by Crippen LogP contribution is -2.57. The minimum absolute atomic E-state index is 0. The van der Waals surface area contributed by atoms with Crippen LogP contribution in [0.25, 0.3) is 10.8 Å². The molecule has 186 valence electrons. The summed E-state index contributed by atoms with van der Waals surface area (Å²) in [5.41, 5.74) is 2.05. The molecule has 3 aromatic rings. The molecule has 0 bridgehead atoms. The quantitative estimate of drug-likeness (QED) is 0.443. The van der Waals surface area contributed by atoms with E-state index in [4.69, 9.17) is 0 Å². The zero-order chi connectivity index (χ0) is 24.2. The minimum atomic E-state index is -0.639. The summed E-state index contributed by atoms with van der Waals surface area (Å²) in [6.45, 7) is 6.25. The van der Waals surface area contributed by atoms with E-state index in [0.29, 0.717) is 18.8 Å². The van der Waals surface area contributed by atoms with Gasteiger partial charge in [-0.05, 0) is 60.8 Å². The Bertz CT molecular complexity index is 1180. The number of pyridine rings is 1. The van der Waals surface area contributed by atoms with Gasteiger partial charge < -0.3 is 16.0 Å². The van der Waals surface area contributed by atoms with E-state index in [1.807, 2.05) is 38.1 Å². The summed E-state index contributed by atoms with van der Waals surface area (Å²) in [7, 11) is 1.73. The fraction of sp³-hybridized carbons (Fsp3) is 0.370. The molecule has 0 radical (unpaired) electrons. The van der Waals surface area contributed by atoms with E-state index in [-0.39, 0.29) is 42.2 Å². The van der Waals surface area contributed by atoms with Gasteiger partial charge in [0.15, 0.2) is 0 Å². The molecule has 1 aliphatic heterocycles. The minimum Gasteiger partial charge on any atom is -0.383 e. The molecule has 0 saturated heterocycles. The highest BCUT2D eigenvalue weighted by Crippen LogP contribution is 2.31. The second-order valence-electron chi connectivity index (χ2n) is 9.24. The van der Waals surface area contributed by atoms with E-state index < -0.39 is 6.04 Å². The molecule has 0 fully saturated rings. The van der Waals surface area contributed by atoms with Crippen molar-refractivity contribution in [3.05, 3.63) is 66.4 Å². The Morgan fingerprint density at radius 2 is 1.80 bits per heavy atom. The summed E-state index contributed by atoms with van der Waals surface area (Å²) in [6, 6.07) is 17.3. The summed E-state index contributed by atoms with van der Waals surface area (Å²) in [5.74, 6) is 0.289. The van der Waals surface area contributed by atoms with Crippen molar-refractivity contribution in [2.24, 2.45) is 5.92 Å². The number of hydrogen-bond donors (Lipinski definition) is 3. The molecule has 1 aromatic heterocycles. The largest absolute Gasteiger partial charge is 0.383 e. The summed E-state index contributed by atoms with van der Waals surface area (Å²) in [4.78, 5) is 32.7. The number of nitrogens with one attached hydrogen (secondary N) is 3. The number of aromatic nitrogens is 1. The Balaban J connectivity index is 0.00000342. The summed E-state index contributed by atoms with van der Waals surface area (Å²) in [6.07, 6.45) is 2.42. The summed E-state index contributed by atoms with van der Waals surface area (Å²) >= 11 is 0. The van der Waals surface area contributed by atoms with Gasteiger partial charge in [-0.15, -0.1) is 12.4 Å². The molecule has 4 rings (SSSR count). The lowest BCUT2D eigenvalue weighted by atomic mass is 10.0. The SMILES string of the molecule is CNC(C)C(=O)N[C@H](C(=O)N1c2ncccc2CC1CNc1ccc2ccccc2c1)C(C)C.Cl. The lowest BCUT2D eigenvalue weighted by molar-refractivity contribution is -0.129. The number of carbonyl (C=O) groups excluding carboxylic acids is 2. The average Bonchev–Trinajstić information content (AvgIpc) is 3.23. The molecule has 7 nitrogen and oxygen atoms in total. The van der Waals surface area contributed by atoms with Crippen molar-refractivity contribution in [1.29, 1.82) is 0 Å². The molecular formula is C27H34ClN5O2. The van der Waals surface area contributed by atoms with E-state index in [2.05, 4.69) is 51.3 Å². The van der Waals surface area contributed by atoms with Gasteiger partial charge in [0.1, 0.15) is 11.9 Å². The fourth-order valence-corrected chi connectivity index (χ4v) is 4.38. The number of nitrogens with zero attached hydrogens (tertiary/aromatic N) is 2. The van der Waals surface area contributed by atoms with Crippen molar-refractivity contribution in [2.45, 2.75) is 45.3 Å². The van der Waals surface area contributed by atoms with Gasteiger partial charge in [0, 0.05) is 18.4 Å². The average molecular weight is 496 g/mol. The zero-order valence-electron chi connectivity index (χ0n) is 20.6. The summed E-state index contributed by atoms with van der Waals surface area (Å²) < 4.78 is 0. The van der Waals surface area contributed by atoms with E-state index in [1.54, 1.807) is 25.1 Å². The van der Waals surface area contributed by atoms with Gasteiger partial charge in [0.25, 0.3) is 5.91 Å². The Labute approximate surface area is 213 Å². The second kappa shape index (κ2) is 11.5. The van der Waals surface area contributed by atoms with Gasteiger partial charge in [-0.2, -0.15) is 0 Å². The highest BCUT2D eigenvalue weighted by atomic mass is 35.5. The van der Waals surface area contributed by atoms with Gasteiger partial charge >= 0.3 is 0 Å². The monoisotopic (exact) mass is 495 g/mol. The van der Waals surface area contributed by atoms with Crippen molar-refractivity contribution >= 4 is 46.5 Å². The van der Waals surface area contributed by atoms with Crippen LogP contribution in [0.2, 0.25) is 0 Å². The molecule has 3 atom stereocenters. The van der Waals surface area contributed by atoms with Gasteiger partial charge in [-0.25, -0.2) is 4.98 Å². The number of hydrogen-bond acceptors (Lipinski definition) is 5. The maximum Gasteiger partial charge on any atom is 0.251 e. The van der Waals surface area contributed by atoms with Gasteiger partial charge in [-0.1, -0.05) is 50.2 Å². The fourth-order valence-electron chi connectivity index (χ4n) is 4.38. The molecule has 0 spiro atoms. The maximum absolute atomic E-state index is 13.8. The third-order valence-corrected chi connectivity index (χ3v) is 6.50. The number of rotatable bonds is 8. The van der Waals surface area contributed by atoms with Crippen molar-refractivity contribution in [3.63, 3.8) is 0 Å². The first kappa shape index (κ1) is 26.4. The van der Waals surface area contributed by atoms with E-state index >= 15 is 0 Å². The first-order valence-electron chi connectivity index (χ1n) is 11.9. The van der Waals surface area contributed by atoms with Crippen molar-refractivity contribution in [1.82, 2.24) is 15.6 Å². The molecule has 2 amide bonds. The van der Waals surface area contributed by atoms with Crippen LogP contribution < -0.4 is 20.9 Å². The third-order valence-electron chi connectivity index (χ3n) is 6.50. The van der Waals surface area contributed by atoms with Crippen LogP contribution in [0.3, 0.4) is 0 Å². The predicted molar refractivity (Wildman–Crippen MR) is 144 cm³/mol. The van der Waals surface area contributed by atoms with Crippen LogP contribution in [0.5, 0.6) is 0 Å². The molecule has 35 heavy (non-hydrogen) atoms. The lowest BCUT2D eigenvalue weighted by Gasteiger charge is -2.31. The first-order chi connectivity index (χ1) is 16.4. The second-order valence-corrected chi connectivity index (χ2v) is 9.24. The zero-order valence-corrected chi connectivity index (χ0v) is 21.4. The molecule has 8 heteroatoms. The molecular weight excluding hydrogens is 462 g/mol. The highest BCUT2D eigenvalue weighted by molar-refractivity contribution is 6.01. The molecule has 2 unspecified atom stereocenters. The van der Waals surface area contributed by atoms with Crippen molar-refractivity contribution in [2.75, 3.05) is 23.8 Å². The molecule has 2 aromatic carbocycles. The van der Waals surface area contributed by atoms with Crippen LogP contribution in [0, 0.1) is 5.92 Å². The number of halogens is 1. The van der Waals surface area contributed by atoms with Crippen molar-refractivity contribution in [3.8, 4) is 0 Å². The summed E-state index contributed by atoms with van der Waals surface area (Å²) in [5, 5.41) is 11.8. The molecule has 2 heterocycles. The Kier molecular flexibility index (Phi) is 8.70. The van der Waals surface area contributed by atoms with Crippen LogP contribution in [-0.4, -0.2) is 48.5 Å². The molecule has 1 aliphatic rings. The molecule has 0 saturated carbocycles. The normalized spacial score (nSPS) is 16.4. The highest BCUT2D eigenvalue weighted by Gasteiger charge is 2.39. The Morgan fingerprint density at radius 1 is 1.06 bits per heavy atom. The predicted octanol–water partition coefficient (Wildman–Crippen LogP) is 3.78. The smallest absolute Gasteiger partial charge is 0.251 e. The number of carbonyl (C=O) groups is 2. The van der Waals surface area contributed by atoms with Gasteiger partial charge in [0.2, 0.25) is 5.91 Å². The number of benzene rings is 2. The molecule has 0 aliphatic carbocycles. The van der Waals surface area contributed by atoms with Crippen molar-refractivity contribution < 1.29 is 9.59 Å². The van der Waals surface area contributed by atoms with Crippen LogP contribution >= 0.6 is 12.4 Å². The Morgan fingerprint density at radius 3 is 2.51 bits per heavy atom. The number of anilines is 2. The van der Waals surface area contributed by atoms with Crippen LogP contribution in [0.15, 0.2) is 60.8 Å².